The third-order valence-corrected chi connectivity index (χ3v) is 2.83. The van der Waals surface area contributed by atoms with Crippen LogP contribution in [0.15, 0.2) is 25.3 Å². The fraction of sp³-hybridized carbons (Fsp3) is 0.500. The molecule has 0 amide bonds. The van der Waals surface area contributed by atoms with Crippen molar-refractivity contribution >= 4 is 19.8 Å². The number of phosphoric acid groups is 1. The molecule has 120 valence electrons. The number of phosphoric ester groups is 1. The normalized spacial score (nSPS) is 15.4. The maximum atomic E-state index is 11.4. The van der Waals surface area contributed by atoms with Crippen LogP contribution in [0.1, 0.15) is 13.8 Å². The SMILES string of the molecule is C=CC(=O)OC(C)COP(=O)([O-])OCC(C)OC(=O)C=C.[Na+]. The van der Waals surface area contributed by atoms with Gasteiger partial charge in [-0.15, -0.1) is 0 Å². The van der Waals surface area contributed by atoms with Gasteiger partial charge in [-0.25, -0.2) is 9.59 Å². The van der Waals surface area contributed by atoms with E-state index in [9.17, 15) is 19.0 Å². The molecule has 0 rings (SSSR count). The minimum atomic E-state index is -4.59. The number of rotatable bonds is 10. The summed E-state index contributed by atoms with van der Waals surface area (Å²) in [6, 6.07) is 0. The first-order valence-electron chi connectivity index (χ1n) is 5.96. The summed E-state index contributed by atoms with van der Waals surface area (Å²) in [5, 5.41) is 0. The second-order valence-electron chi connectivity index (χ2n) is 3.94. The summed E-state index contributed by atoms with van der Waals surface area (Å²) >= 11 is 0. The van der Waals surface area contributed by atoms with Crippen molar-refractivity contribution in [1.29, 1.82) is 0 Å². The maximum Gasteiger partial charge on any atom is 1.00 e. The van der Waals surface area contributed by atoms with Crippen molar-refractivity contribution in [2.75, 3.05) is 13.2 Å². The Morgan fingerprint density at radius 1 is 1.05 bits per heavy atom. The molecule has 0 N–H and O–H groups in total. The molecule has 0 fully saturated rings. The van der Waals surface area contributed by atoms with Gasteiger partial charge in [0.25, 0.3) is 7.82 Å². The standard InChI is InChI=1S/C12H19O8P.Na/c1-5-11(13)19-9(3)7-17-21(15,16)18-8-10(4)20-12(14)6-2;/h5-6,9-10H,1-2,7-8H2,3-4H3,(H,15,16);/q;+1/p-1. The van der Waals surface area contributed by atoms with E-state index in [1.54, 1.807) is 0 Å². The van der Waals surface area contributed by atoms with Crippen LogP contribution in [-0.2, 0) is 32.7 Å². The zero-order chi connectivity index (χ0) is 16.5. The van der Waals surface area contributed by atoms with Gasteiger partial charge in [0.1, 0.15) is 12.2 Å². The number of carbonyl (C=O) groups is 2. The third-order valence-electron chi connectivity index (χ3n) is 1.90. The van der Waals surface area contributed by atoms with Crippen molar-refractivity contribution < 1.29 is 67.1 Å². The Balaban J connectivity index is 0. The molecule has 10 heteroatoms. The smallest absolute Gasteiger partial charge is 0.756 e. The van der Waals surface area contributed by atoms with E-state index in [2.05, 4.69) is 22.2 Å². The molecule has 0 aromatic heterocycles. The van der Waals surface area contributed by atoms with E-state index >= 15 is 0 Å². The van der Waals surface area contributed by atoms with Crippen LogP contribution in [0, 0.1) is 0 Å². The molecule has 0 aromatic rings. The van der Waals surface area contributed by atoms with Crippen LogP contribution in [0.2, 0.25) is 0 Å². The zero-order valence-corrected chi connectivity index (χ0v) is 15.7. The Labute approximate surface area is 151 Å². The Hall–Kier alpha value is -0.470. The van der Waals surface area contributed by atoms with Crippen LogP contribution in [0.3, 0.4) is 0 Å². The molecule has 22 heavy (non-hydrogen) atoms. The summed E-state index contributed by atoms with van der Waals surface area (Å²) in [6.45, 7) is 8.47. The molecule has 0 aliphatic carbocycles. The van der Waals surface area contributed by atoms with Crippen LogP contribution in [-0.4, -0.2) is 37.4 Å². The van der Waals surface area contributed by atoms with Crippen molar-refractivity contribution in [1.82, 2.24) is 0 Å². The van der Waals surface area contributed by atoms with Gasteiger partial charge in [-0.1, -0.05) is 13.2 Å². The fourth-order valence-corrected chi connectivity index (χ4v) is 1.85. The van der Waals surface area contributed by atoms with Crippen LogP contribution >= 0.6 is 7.82 Å². The molecular formula is C12H18NaO8P. The predicted molar refractivity (Wildman–Crippen MR) is 71.0 cm³/mol. The van der Waals surface area contributed by atoms with Crippen LogP contribution < -0.4 is 34.5 Å². The number of hydrogen-bond donors (Lipinski definition) is 0. The van der Waals surface area contributed by atoms with Gasteiger partial charge in [-0.05, 0) is 13.8 Å². The fourth-order valence-electron chi connectivity index (χ4n) is 0.991. The molecule has 8 nitrogen and oxygen atoms in total. The molecular weight excluding hydrogens is 326 g/mol. The monoisotopic (exact) mass is 344 g/mol. The van der Waals surface area contributed by atoms with E-state index in [0.717, 1.165) is 12.2 Å². The van der Waals surface area contributed by atoms with E-state index in [-0.39, 0.29) is 29.6 Å². The number of carbonyl (C=O) groups excluding carboxylic acids is 2. The van der Waals surface area contributed by atoms with Gasteiger partial charge in [-0.2, -0.15) is 0 Å². The topological polar surface area (TPSA) is 111 Å². The van der Waals surface area contributed by atoms with Crippen molar-refractivity contribution in [3.05, 3.63) is 25.3 Å². The molecule has 0 saturated carbocycles. The average Bonchev–Trinajstić information content (AvgIpc) is 2.43. The van der Waals surface area contributed by atoms with Gasteiger partial charge in [-0.3, -0.25) is 4.57 Å². The molecule has 0 aromatic carbocycles. The van der Waals surface area contributed by atoms with Crippen molar-refractivity contribution in [3.8, 4) is 0 Å². The minimum absolute atomic E-state index is 0. The Kier molecular flexibility index (Phi) is 13.0. The molecule has 0 aliphatic rings. The number of esters is 2. The Morgan fingerprint density at radius 3 is 1.64 bits per heavy atom. The molecule has 0 aliphatic heterocycles. The summed E-state index contributed by atoms with van der Waals surface area (Å²) in [7, 11) is -4.59. The van der Waals surface area contributed by atoms with Gasteiger partial charge >= 0.3 is 41.5 Å². The molecule has 0 bridgehead atoms. The first kappa shape index (κ1) is 23.8. The zero-order valence-electron chi connectivity index (χ0n) is 12.9. The van der Waals surface area contributed by atoms with E-state index < -0.39 is 45.2 Å². The Morgan fingerprint density at radius 2 is 1.36 bits per heavy atom. The van der Waals surface area contributed by atoms with Crippen LogP contribution in [0.4, 0.5) is 0 Å². The molecule has 2 atom stereocenters. The van der Waals surface area contributed by atoms with Crippen molar-refractivity contribution in [2.24, 2.45) is 0 Å². The van der Waals surface area contributed by atoms with Crippen LogP contribution in [0.5, 0.6) is 0 Å². The summed E-state index contributed by atoms with van der Waals surface area (Å²) in [4.78, 5) is 33.1. The molecule has 0 radical (unpaired) electrons. The van der Waals surface area contributed by atoms with Gasteiger partial charge in [0.05, 0.1) is 13.2 Å². The number of ether oxygens (including phenoxy) is 2. The molecule has 0 heterocycles. The van der Waals surface area contributed by atoms with E-state index in [1.165, 1.54) is 13.8 Å². The summed E-state index contributed by atoms with van der Waals surface area (Å²) < 4.78 is 29.9. The second-order valence-corrected chi connectivity index (χ2v) is 5.35. The second kappa shape index (κ2) is 12.0. The third kappa shape index (κ3) is 12.1. The Bertz CT molecular complexity index is 403. The average molecular weight is 344 g/mol. The van der Waals surface area contributed by atoms with E-state index in [1.807, 2.05) is 0 Å². The number of hydrogen-bond acceptors (Lipinski definition) is 8. The molecule has 2 unspecified atom stereocenters. The minimum Gasteiger partial charge on any atom is -0.756 e. The van der Waals surface area contributed by atoms with Gasteiger partial charge in [0, 0.05) is 12.2 Å². The first-order chi connectivity index (χ1) is 9.70. The largest absolute Gasteiger partial charge is 1.00 e. The first-order valence-corrected chi connectivity index (χ1v) is 7.42. The van der Waals surface area contributed by atoms with E-state index in [4.69, 9.17) is 9.47 Å². The maximum absolute atomic E-state index is 11.4. The summed E-state index contributed by atoms with van der Waals surface area (Å²) in [5.74, 6) is -1.39. The van der Waals surface area contributed by atoms with Gasteiger partial charge in [0.15, 0.2) is 0 Å². The summed E-state index contributed by atoms with van der Waals surface area (Å²) in [5.41, 5.74) is 0. The summed E-state index contributed by atoms with van der Waals surface area (Å²) in [6.07, 6.45) is 0.300. The van der Waals surface area contributed by atoms with Crippen LogP contribution in [0.25, 0.3) is 0 Å². The predicted octanol–water partition coefficient (Wildman–Crippen LogP) is -2.27. The van der Waals surface area contributed by atoms with Gasteiger partial charge in [0.2, 0.25) is 0 Å². The quantitative estimate of drug-likeness (QED) is 0.189. The van der Waals surface area contributed by atoms with Crippen molar-refractivity contribution in [3.63, 3.8) is 0 Å². The van der Waals surface area contributed by atoms with E-state index in [0.29, 0.717) is 0 Å². The molecule has 0 spiro atoms. The van der Waals surface area contributed by atoms with Gasteiger partial charge < -0.3 is 23.4 Å². The van der Waals surface area contributed by atoms with Crippen molar-refractivity contribution in [2.45, 2.75) is 26.1 Å². The molecule has 0 saturated heterocycles.